The van der Waals surface area contributed by atoms with Gasteiger partial charge in [0, 0.05) is 11.1 Å². The Labute approximate surface area is 167 Å². The lowest BCUT2D eigenvalue weighted by Crippen LogP contribution is -3.13. The van der Waals surface area contributed by atoms with E-state index in [1.807, 2.05) is 18.2 Å². The van der Waals surface area contributed by atoms with E-state index in [0.717, 1.165) is 24.3 Å². The van der Waals surface area contributed by atoms with E-state index in [1.165, 1.54) is 34.7 Å². The molecule has 0 radical (unpaired) electrons. The standard InChI is InChI=1S/C21H21FN4O3/c22-18-8-6-17(7-9-18)20-23-26(21(28)29-20)15-19(27)25-12-10-24(11-13-25)14-16-4-2-1-3-5-16/h1-9H,10-15H2/p+1. The molecule has 1 aliphatic heterocycles. The van der Waals surface area contributed by atoms with E-state index in [1.54, 1.807) is 4.90 Å². The van der Waals surface area contributed by atoms with Crippen LogP contribution < -0.4 is 10.7 Å². The van der Waals surface area contributed by atoms with Gasteiger partial charge in [-0.25, -0.2) is 9.18 Å². The zero-order valence-corrected chi connectivity index (χ0v) is 15.9. The van der Waals surface area contributed by atoms with Crippen molar-refractivity contribution >= 4 is 5.91 Å². The van der Waals surface area contributed by atoms with E-state index in [4.69, 9.17) is 4.42 Å². The van der Waals surface area contributed by atoms with Crippen molar-refractivity contribution in [3.8, 4) is 11.5 Å². The molecule has 1 amide bonds. The Bertz CT molecular complexity index is 1020. The zero-order valence-electron chi connectivity index (χ0n) is 15.9. The summed E-state index contributed by atoms with van der Waals surface area (Å²) in [6.07, 6.45) is 0. The summed E-state index contributed by atoms with van der Waals surface area (Å²) in [6, 6.07) is 15.8. The molecule has 4 rings (SSSR count). The summed E-state index contributed by atoms with van der Waals surface area (Å²) in [4.78, 5) is 27.8. The predicted molar refractivity (Wildman–Crippen MR) is 104 cm³/mol. The summed E-state index contributed by atoms with van der Waals surface area (Å²) < 4.78 is 19.2. The van der Waals surface area contributed by atoms with Crippen molar-refractivity contribution in [2.24, 2.45) is 0 Å². The van der Waals surface area contributed by atoms with Crippen molar-refractivity contribution in [2.75, 3.05) is 26.2 Å². The fourth-order valence-corrected chi connectivity index (χ4v) is 3.48. The number of benzene rings is 2. The normalized spacial score (nSPS) is 14.9. The fourth-order valence-electron chi connectivity index (χ4n) is 3.48. The molecule has 1 aliphatic rings. The van der Waals surface area contributed by atoms with Gasteiger partial charge in [0.1, 0.15) is 18.9 Å². The number of nitrogens with one attached hydrogen (secondary N) is 1. The maximum atomic E-state index is 13.0. The van der Waals surface area contributed by atoms with Gasteiger partial charge in [0.25, 0.3) is 0 Å². The Morgan fingerprint density at radius 2 is 1.76 bits per heavy atom. The Balaban J connectivity index is 1.34. The number of rotatable bonds is 5. The lowest BCUT2D eigenvalue weighted by Gasteiger charge is -2.32. The van der Waals surface area contributed by atoms with Crippen molar-refractivity contribution in [1.29, 1.82) is 0 Å². The third-order valence-corrected chi connectivity index (χ3v) is 5.10. The highest BCUT2D eigenvalue weighted by Gasteiger charge is 2.25. The summed E-state index contributed by atoms with van der Waals surface area (Å²) in [7, 11) is 0. The maximum absolute atomic E-state index is 13.0. The number of carbonyl (C=O) groups excluding carboxylic acids is 1. The molecule has 1 fully saturated rings. The summed E-state index contributed by atoms with van der Waals surface area (Å²) >= 11 is 0. The largest absolute Gasteiger partial charge is 0.437 e. The molecule has 3 aromatic rings. The van der Waals surface area contributed by atoms with Crippen molar-refractivity contribution in [3.63, 3.8) is 0 Å². The number of quaternary nitrogens is 1. The molecule has 2 heterocycles. The minimum atomic E-state index is -0.703. The molecule has 0 unspecified atom stereocenters. The second-order valence-electron chi connectivity index (χ2n) is 7.13. The number of halogens is 1. The van der Waals surface area contributed by atoms with Crippen molar-refractivity contribution < 1.29 is 18.5 Å². The maximum Gasteiger partial charge on any atom is 0.437 e. The summed E-state index contributed by atoms with van der Waals surface area (Å²) in [5.74, 6) is -1.19. The Hall–Kier alpha value is -3.26. The third kappa shape index (κ3) is 4.60. The molecule has 1 saturated heterocycles. The molecule has 0 atom stereocenters. The monoisotopic (exact) mass is 397 g/mol. The number of carbonyl (C=O) groups is 1. The summed E-state index contributed by atoms with van der Waals surface area (Å²) in [5, 5.41) is 4.08. The number of hydrogen-bond acceptors (Lipinski definition) is 4. The quantitative estimate of drug-likeness (QED) is 0.683. The number of piperazine rings is 1. The molecule has 29 heavy (non-hydrogen) atoms. The van der Waals surface area contributed by atoms with Crippen molar-refractivity contribution in [3.05, 3.63) is 76.5 Å². The molecule has 1 aromatic heterocycles. The number of hydrogen-bond donors (Lipinski definition) is 1. The second kappa shape index (κ2) is 8.40. The van der Waals surface area contributed by atoms with E-state index in [9.17, 15) is 14.0 Å². The first-order chi connectivity index (χ1) is 14.1. The molecule has 150 valence electrons. The van der Waals surface area contributed by atoms with Crippen molar-refractivity contribution in [2.45, 2.75) is 13.1 Å². The molecular weight excluding hydrogens is 375 g/mol. The average Bonchev–Trinajstić information content (AvgIpc) is 3.10. The van der Waals surface area contributed by atoms with E-state index in [-0.39, 0.29) is 24.2 Å². The van der Waals surface area contributed by atoms with Gasteiger partial charge in [-0.3, -0.25) is 4.79 Å². The second-order valence-corrected chi connectivity index (χ2v) is 7.13. The fraction of sp³-hybridized carbons (Fsp3) is 0.286. The predicted octanol–water partition coefficient (Wildman–Crippen LogP) is 0.570. The smallest absolute Gasteiger partial charge is 0.388 e. The highest BCUT2D eigenvalue weighted by atomic mass is 19.1. The minimum absolute atomic E-state index is 0.0694. The van der Waals surface area contributed by atoms with Gasteiger partial charge in [-0.15, -0.1) is 5.10 Å². The molecule has 1 N–H and O–H groups in total. The van der Waals surface area contributed by atoms with Crippen molar-refractivity contribution in [1.82, 2.24) is 14.7 Å². The lowest BCUT2D eigenvalue weighted by molar-refractivity contribution is -0.917. The molecule has 8 heteroatoms. The molecule has 7 nitrogen and oxygen atoms in total. The van der Waals surface area contributed by atoms with Crippen LogP contribution in [0.25, 0.3) is 11.5 Å². The van der Waals surface area contributed by atoms with Crippen LogP contribution in [0, 0.1) is 5.82 Å². The SMILES string of the molecule is O=C(Cn1nc(-c2ccc(F)cc2)oc1=O)N1CC[NH+](Cc2ccccc2)CC1. The average molecular weight is 397 g/mol. The van der Waals surface area contributed by atoms with Crippen LogP contribution in [-0.2, 0) is 17.9 Å². The third-order valence-electron chi connectivity index (χ3n) is 5.10. The van der Waals surface area contributed by atoms with Gasteiger partial charge >= 0.3 is 5.76 Å². The van der Waals surface area contributed by atoms with Crippen LogP contribution in [0.1, 0.15) is 5.56 Å². The summed E-state index contributed by atoms with van der Waals surface area (Å²) in [5.41, 5.74) is 1.76. The van der Waals surface area contributed by atoms with Gasteiger partial charge in [-0.1, -0.05) is 30.3 Å². The molecule has 0 spiro atoms. The van der Waals surface area contributed by atoms with Crippen LogP contribution >= 0.6 is 0 Å². The van der Waals surface area contributed by atoms with E-state index >= 15 is 0 Å². The van der Waals surface area contributed by atoms with Crippen LogP contribution in [0.3, 0.4) is 0 Å². The highest BCUT2D eigenvalue weighted by molar-refractivity contribution is 5.76. The molecule has 0 saturated carbocycles. The minimum Gasteiger partial charge on any atom is -0.388 e. The van der Waals surface area contributed by atoms with Crippen LogP contribution in [0.15, 0.2) is 63.8 Å². The molecular formula is C21H22FN4O3+. The number of amides is 1. The van der Waals surface area contributed by atoms with E-state index < -0.39 is 5.76 Å². The molecule has 0 aliphatic carbocycles. The van der Waals surface area contributed by atoms with Gasteiger partial charge in [-0.2, -0.15) is 4.68 Å². The molecule has 2 aromatic carbocycles. The van der Waals surface area contributed by atoms with E-state index in [0.29, 0.717) is 18.7 Å². The van der Waals surface area contributed by atoms with Crippen LogP contribution in [0.4, 0.5) is 4.39 Å². The lowest BCUT2D eigenvalue weighted by atomic mass is 10.2. The van der Waals surface area contributed by atoms with E-state index in [2.05, 4.69) is 17.2 Å². The Kier molecular flexibility index (Phi) is 5.53. The summed E-state index contributed by atoms with van der Waals surface area (Å²) in [6.45, 7) is 3.76. The van der Waals surface area contributed by atoms with Gasteiger partial charge in [0.2, 0.25) is 11.8 Å². The topological polar surface area (TPSA) is 72.8 Å². The van der Waals surface area contributed by atoms with Crippen LogP contribution in [0.2, 0.25) is 0 Å². The van der Waals surface area contributed by atoms with Gasteiger partial charge in [0.15, 0.2) is 0 Å². The number of nitrogens with zero attached hydrogens (tertiary/aromatic N) is 3. The molecule has 0 bridgehead atoms. The van der Waals surface area contributed by atoms with Gasteiger partial charge in [0.05, 0.1) is 26.2 Å². The first-order valence-electron chi connectivity index (χ1n) is 9.57. The first kappa shape index (κ1) is 19.1. The highest BCUT2D eigenvalue weighted by Crippen LogP contribution is 2.15. The van der Waals surface area contributed by atoms with Crippen LogP contribution in [0.5, 0.6) is 0 Å². The Morgan fingerprint density at radius 1 is 1.07 bits per heavy atom. The van der Waals surface area contributed by atoms with Crippen LogP contribution in [-0.4, -0.2) is 46.8 Å². The van der Waals surface area contributed by atoms with Gasteiger partial charge in [-0.05, 0) is 24.3 Å². The zero-order chi connectivity index (χ0) is 20.2. The van der Waals surface area contributed by atoms with Gasteiger partial charge < -0.3 is 14.2 Å². The first-order valence-corrected chi connectivity index (χ1v) is 9.57. The Morgan fingerprint density at radius 3 is 2.45 bits per heavy atom. The number of aromatic nitrogens is 2.